The first-order valence-electron chi connectivity index (χ1n) is 4.16. The lowest BCUT2D eigenvalue weighted by atomic mass is 9.68. The minimum absolute atomic E-state index is 0.00991. The molecule has 5 heteroatoms. The molecule has 1 aliphatic rings. The fourth-order valence-corrected chi connectivity index (χ4v) is 1.49. The van der Waals surface area contributed by atoms with Crippen LogP contribution in [0.5, 0.6) is 0 Å². The summed E-state index contributed by atoms with van der Waals surface area (Å²) in [5, 5.41) is 18.1. The molecule has 0 spiro atoms. The van der Waals surface area contributed by atoms with E-state index in [0.717, 1.165) is 12.1 Å². The van der Waals surface area contributed by atoms with E-state index >= 15 is 0 Å². The Hall–Kier alpha value is 0.295. The quantitative estimate of drug-likeness (QED) is 0.413. The number of rotatable bonds is 4. The molecular weight excluding hydrogens is 175 g/mol. The van der Waals surface area contributed by atoms with Crippen LogP contribution in [0.1, 0.15) is 6.42 Å². The van der Waals surface area contributed by atoms with Crippen molar-refractivity contribution in [2.45, 2.75) is 31.0 Å². The van der Waals surface area contributed by atoms with Gasteiger partial charge in [0.05, 0.1) is 12.7 Å². The van der Waals surface area contributed by atoms with E-state index in [1.165, 1.54) is 0 Å². The summed E-state index contributed by atoms with van der Waals surface area (Å²) >= 11 is 4.06. The summed E-state index contributed by atoms with van der Waals surface area (Å²) in [6.45, 7) is -0.105. The molecule has 0 bridgehead atoms. The number of hydrogen-bond acceptors (Lipinski definition) is 4. The molecule has 0 aromatic carbocycles. The Balaban J connectivity index is 2.23. The molecule has 1 radical (unpaired) electrons. The van der Waals surface area contributed by atoms with Crippen LogP contribution in [0.15, 0.2) is 0 Å². The third kappa shape index (κ3) is 2.66. The monoisotopic (exact) mass is 189 g/mol. The molecular formula is C7H14BO3S. The topological polar surface area (TPSA) is 49.7 Å². The molecule has 1 heterocycles. The molecule has 12 heavy (non-hydrogen) atoms. The van der Waals surface area contributed by atoms with Crippen LogP contribution >= 0.6 is 12.6 Å². The average Bonchev–Trinajstić information content (AvgIpc) is 2.43. The summed E-state index contributed by atoms with van der Waals surface area (Å²) in [4.78, 5) is 0. The lowest BCUT2D eigenvalue weighted by molar-refractivity contribution is -0.00476. The fraction of sp³-hybridized carbons (Fsp3) is 1.00. The first-order valence-corrected chi connectivity index (χ1v) is 4.79. The summed E-state index contributed by atoms with van der Waals surface area (Å²) in [6, 6.07) is -0.00991. The van der Waals surface area contributed by atoms with E-state index in [1.807, 2.05) is 7.28 Å². The second kappa shape index (κ2) is 5.12. The van der Waals surface area contributed by atoms with E-state index in [2.05, 4.69) is 12.6 Å². The summed E-state index contributed by atoms with van der Waals surface area (Å²) in [5.74, 6) is 0.791. The number of aliphatic hydroxyl groups excluding tert-OH is 2. The zero-order valence-electron chi connectivity index (χ0n) is 6.89. The molecule has 1 unspecified atom stereocenters. The third-order valence-electron chi connectivity index (χ3n) is 1.99. The Kier molecular flexibility index (Phi) is 4.42. The van der Waals surface area contributed by atoms with Crippen LogP contribution in [0.2, 0.25) is 6.32 Å². The Morgan fingerprint density at radius 2 is 2.33 bits per heavy atom. The van der Waals surface area contributed by atoms with E-state index in [4.69, 9.17) is 9.84 Å². The maximum absolute atomic E-state index is 9.33. The number of aliphatic hydroxyl groups is 2. The van der Waals surface area contributed by atoms with Crippen molar-refractivity contribution in [1.29, 1.82) is 0 Å². The lowest BCUT2D eigenvalue weighted by Gasteiger charge is -2.10. The Morgan fingerprint density at radius 3 is 2.83 bits per heavy atom. The first-order chi connectivity index (χ1) is 5.77. The second-order valence-electron chi connectivity index (χ2n) is 2.95. The predicted octanol–water partition coefficient (Wildman–Crippen LogP) is -0.493. The van der Waals surface area contributed by atoms with Crippen molar-refractivity contribution in [3.05, 3.63) is 0 Å². The minimum atomic E-state index is -0.517. The van der Waals surface area contributed by atoms with E-state index in [-0.39, 0.29) is 12.6 Å². The summed E-state index contributed by atoms with van der Waals surface area (Å²) in [7, 11) is 1.99. The highest BCUT2D eigenvalue weighted by atomic mass is 32.1. The highest BCUT2D eigenvalue weighted by Gasteiger charge is 2.32. The van der Waals surface area contributed by atoms with Crippen molar-refractivity contribution in [3.63, 3.8) is 0 Å². The van der Waals surface area contributed by atoms with Gasteiger partial charge < -0.3 is 14.9 Å². The second-order valence-corrected chi connectivity index (χ2v) is 3.39. The maximum Gasteiger partial charge on any atom is 0.150 e. The van der Waals surface area contributed by atoms with Gasteiger partial charge in [0.25, 0.3) is 0 Å². The molecule has 3 nitrogen and oxygen atoms in total. The van der Waals surface area contributed by atoms with Gasteiger partial charge in [0.1, 0.15) is 13.4 Å². The summed E-state index contributed by atoms with van der Waals surface area (Å²) < 4.78 is 5.34. The normalized spacial score (nSPS) is 35.4. The van der Waals surface area contributed by atoms with Crippen LogP contribution < -0.4 is 0 Å². The highest BCUT2D eigenvalue weighted by Crippen LogP contribution is 2.19. The van der Waals surface area contributed by atoms with Gasteiger partial charge in [-0.05, 0) is 12.2 Å². The number of ether oxygens (including phenoxy) is 1. The van der Waals surface area contributed by atoms with Crippen LogP contribution in [0.25, 0.3) is 0 Å². The zero-order valence-corrected chi connectivity index (χ0v) is 7.78. The SMILES string of the molecule is OC[C@H]1O[C@@H]([B]CCS)CC1O. The Morgan fingerprint density at radius 1 is 1.58 bits per heavy atom. The van der Waals surface area contributed by atoms with Crippen LogP contribution in [-0.2, 0) is 4.74 Å². The molecule has 1 saturated heterocycles. The van der Waals surface area contributed by atoms with E-state index < -0.39 is 12.2 Å². The number of hydrogen-bond donors (Lipinski definition) is 3. The van der Waals surface area contributed by atoms with Gasteiger partial charge in [-0.3, -0.25) is 0 Å². The van der Waals surface area contributed by atoms with Gasteiger partial charge >= 0.3 is 0 Å². The maximum atomic E-state index is 9.33. The zero-order chi connectivity index (χ0) is 8.97. The van der Waals surface area contributed by atoms with Crippen molar-refractivity contribution >= 4 is 19.9 Å². The number of thiol groups is 1. The van der Waals surface area contributed by atoms with Gasteiger partial charge in [-0.25, -0.2) is 0 Å². The van der Waals surface area contributed by atoms with Gasteiger partial charge in [0, 0.05) is 6.00 Å². The fourth-order valence-electron chi connectivity index (χ4n) is 1.34. The van der Waals surface area contributed by atoms with Crippen molar-refractivity contribution in [1.82, 2.24) is 0 Å². The van der Waals surface area contributed by atoms with Crippen molar-refractivity contribution in [3.8, 4) is 0 Å². The molecule has 1 fully saturated rings. The molecule has 0 saturated carbocycles. The van der Waals surface area contributed by atoms with Crippen molar-refractivity contribution in [2.24, 2.45) is 0 Å². The molecule has 2 N–H and O–H groups in total. The van der Waals surface area contributed by atoms with Crippen LogP contribution in [0.3, 0.4) is 0 Å². The molecule has 0 aromatic heterocycles. The molecule has 0 aliphatic carbocycles. The van der Waals surface area contributed by atoms with Gasteiger partial charge in [0.15, 0.2) is 0 Å². The molecule has 1 aliphatic heterocycles. The van der Waals surface area contributed by atoms with Gasteiger partial charge in [0.2, 0.25) is 0 Å². The van der Waals surface area contributed by atoms with Crippen LogP contribution in [0.4, 0.5) is 0 Å². The first kappa shape index (κ1) is 10.4. The van der Waals surface area contributed by atoms with Gasteiger partial charge in [-0.2, -0.15) is 12.6 Å². The lowest BCUT2D eigenvalue weighted by Crippen LogP contribution is -2.24. The highest BCUT2D eigenvalue weighted by molar-refractivity contribution is 7.80. The van der Waals surface area contributed by atoms with Gasteiger partial charge in [-0.1, -0.05) is 6.32 Å². The third-order valence-corrected chi connectivity index (χ3v) is 2.25. The summed E-state index contributed by atoms with van der Waals surface area (Å²) in [6.07, 6.45) is 0.555. The van der Waals surface area contributed by atoms with Crippen molar-refractivity contribution in [2.75, 3.05) is 12.4 Å². The Bertz CT molecular complexity index is 136. The van der Waals surface area contributed by atoms with Crippen molar-refractivity contribution < 1.29 is 14.9 Å². The summed E-state index contributed by atoms with van der Waals surface area (Å²) in [5.41, 5.74) is 0. The molecule has 1 rings (SSSR count). The average molecular weight is 189 g/mol. The minimum Gasteiger partial charge on any atom is -0.394 e. The molecule has 3 atom stereocenters. The van der Waals surface area contributed by atoms with Crippen LogP contribution in [-0.4, -0.2) is 48.1 Å². The Labute approximate surface area is 78.8 Å². The van der Waals surface area contributed by atoms with Crippen LogP contribution in [0, 0.1) is 0 Å². The molecule has 0 aromatic rings. The largest absolute Gasteiger partial charge is 0.394 e. The molecule has 69 valence electrons. The standard InChI is InChI=1S/C7H14BO3S/c9-4-6-5(10)3-7(11-6)8-1-2-12/h5-7,9-10,12H,1-4H2/t5?,6-,7-/m1/s1. The van der Waals surface area contributed by atoms with E-state index in [0.29, 0.717) is 6.42 Å². The smallest absolute Gasteiger partial charge is 0.150 e. The molecule has 0 amide bonds. The van der Waals surface area contributed by atoms with Gasteiger partial charge in [-0.15, -0.1) is 0 Å². The van der Waals surface area contributed by atoms with E-state index in [1.54, 1.807) is 0 Å². The van der Waals surface area contributed by atoms with E-state index in [9.17, 15) is 5.11 Å². The predicted molar refractivity (Wildman–Crippen MR) is 50.8 cm³/mol.